The number of benzene rings is 1. The zero-order valence-electron chi connectivity index (χ0n) is 8.76. The molecule has 0 saturated heterocycles. The highest BCUT2D eigenvalue weighted by atomic mass is 35.5. The van der Waals surface area contributed by atoms with Crippen molar-refractivity contribution in [3.8, 4) is 22.8 Å². The lowest BCUT2D eigenvalue weighted by Crippen LogP contribution is -1.75. The molecule has 0 fully saturated rings. The first-order valence-corrected chi connectivity index (χ1v) is 5.47. The smallest absolute Gasteiger partial charge is 0.202 e. The van der Waals surface area contributed by atoms with Gasteiger partial charge in [-0.15, -0.1) is 0 Å². The van der Waals surface area contributed by atoms with Crippen LogP contribution in [0.15, 0.2) is 57.7 Å². The van der Waals surface area contributed by atoms with Crippen LogP contribution >= 0.6 is 11.6 Å². The number of hydrogen-bond acceptors (Lipinski definition) is 3. The minimum atomic E-state index is 0.611. The van der Waals surface area contributed by atoms with Crippen molar-refractivity contribution in [2.24, 2.45) is 0 Å². The molecule has 0 aliphatic heterocycles. The lowest BCUT2D eigenvalue weighted by Gasteiger charge is -1.93. The molecule has 0 N–H and O–H groups in total. The molecule has 0 aliphatic carbocycles. The fraction of sp³-hybridized carbons (Fsp3) is 0. The normalized spacial score (nSPS) is 10.6. The molecular formula is C13H8ClNO2. The van der Waals surface area contributed by atoms with Crippen LogP contribution in [0.3, 0.4) is 0 Å². The molecule has 0 saturated carbocycles. The lowest BCUT2D eigenvalue weighted by molar-refractivity contribution is 0.420. The SMILES string of the molecule is Clc1ccc(-c2cc(-c3ccco3)on2)cc1. The Bertz CT molecular complexity index is 611. The Kier molecular flexibility index (Phi) is 2.46. The molecule has 3 aromatic rings. The fourth-order valence-electron chi connectivity index (χ4n) is 1.57. The molecule has 3 nitrogen and oxygen atoms in total. The highest BCUT2D eigenvalue weighted by Crippen LogP contribution is 2.26. The Morgan fingerprint density at radius 3 is 2.53 bits per heavy atom. The van der Waals surface area contributed by atoms with Gasteiger partial charge in [-0.25, -0.2) is 0 Å². The van der Waals surface area contributed by atoms with Crippen LogP contribution in [0, 0.1) is 0 Å². The zero-order valence-corrected chi connectivity index (χ0v) is 9.52. The highest BCUT2D eigenvalue weighted by Gasteiger charge is 2.10. The summed E-state index contributed by atoms with van der Waals surface area (Å²) in [4.78, 5) is 0. The average molecular weight is 246 g/mol. The summed E-state index contributed by atoms with van der Waals surface area (Å²) in [6.07, 6.45) is 1.60. The van der Waals surface area contributed by atoms with Crippen LogP contribution in [0.1, 0.15) is 0 Å². The zero-order chi connectivity index (χ0) is 11.7. The van der Waals surface area contributed by atoms with Gasteiger partial charge in [0.2, 0.25) is 5.76 Å². The second kappa shape index (κ2) is 4.11. The molecule has 0 unspecified atom stereocenters. The van der Waals surface area contributed by atoms with Gasteiger partial charge in [-0.05, 0) is 24.3 Å². The van der Waals surface area contributed by atoms with Crippen molar-refractivity contribution < 1.29 is 8.94 Å². The molecule has 84 valence electrons. The molecule has 1 aromatic carbocycles. The Morgan fingerprint density at radius 1 is 1.00 bits per heavy atom. The van der Waals surface area contributed by atoms with E-state index in [1.165, 1.54) is 0 Å². The number of halogens is 1. The van der Waals surface area contributed by atoms with Crippen LogP contribution in [0.5, 0.6) is 0 Å². The van der Waals surface area contributed by atoms with Gasteiger partial charge in [-0.2, -0.15) is 0 Å². The fourth-order valence-corrected chi connectivity index (χ4v) is 1.69. The maximum atomic E-state index is 5.83. The predicted molar refractivity (Wildman–Crippen MR) is 64.7 cm³/mol. The first-order chi connectivity index (χ1) is 8.33. The van der Waals surface area contributed by atoms with E-state index in [1.54, 1.807) is 12.3 Å². The lowest BCUT2D eigenvalue weighted by atomic mass is 10.1. The van der Waals surface area contributed by atoms with Gasteiger partial charge in [-0.3, -0.25) is 0 Å². The summed E-state index contributed by atoms with van der Waals surface area (Å²) in [5.41, 5.74) is 1.71. The van der Waals surface area contributed by atoms with Crippen molar-refractivity contribution in [1.29, 1.82) is 0 Å². The molecule has 2 aromatic heterocycles. The summed E-state index contributed by atoms with van der Waals surface area (Å²) in [5.74, 6) is 1.28. The molecule has 0 radical (unpaired) electrons. The molecule has 0 atom stereocenters. The maximum Gasteiger partial charge on any atom is 0.202 e. The van der Waals surface area contributed by atoms with Crippen LogP contribution in [0.25, 0.3) is 22.8 Å². The van der Waals surface area contributed by atoms with Gasteiger partial charge in [0.15, 0.2) is 5.76 Å². The van der Waals surface area contributed by atoms with Gasteiger partial charge >= 0.3 is 0 Å². The van der Waals surface area contributed by atoms with Gasteiger partial charge in [0.05, 0.1) is 6.26 Å². The summed E-state index contributed by atoms with van der Waals surface area (Å²) in [5, 5.41) is 4.69. The van der Waals surface area contributed by atoms with Crippen LogP contribution in [-0.2, 0) is 0 Å². The van der Waals surface area contributed by atoms with Crippen LogP contribution in [0.2, 0.25) is 5.02 Å². The van der Waals surface area contributed by atoms with Gasteiger partial charge < -0.3 is 8.94 Å². The Hall–Kier alpha value is -2.00. The summed E-state index contributed by atoms with van der Waals surface area (Å²) in [7, 11) is 0. The average Bonchev–Trinajstić information content (AvgIpc) is 3.00. The van der Waals surface area contributed by atoms with Crippen molar-refractivity contribution >= 4 is 11.6 Å². The molecule has 0 spiro atoms. The van der Waals surface area contributed by atoms with Gasteiger partial charge in [-0.1, -0.05) is 28.9 Å². The van der Waals surface area contributed by atoms with E-state index >= 15 is 0 Å². The Morgan fingerprint density at radius 2 is 1.82 bits per heavy atom. The summed E-state index contributed by atoms with van der Waals surface area (Å²) >= 11 is 5.83. The second-order valence-electron chi connectivity index (χ2n) is 3.56. The minimum absolute atomic E-state index is 0.611. The third kappa shape index (κ3) is 1.97. The largest absolute Gasteiger partial charge is 0.461 e. The number of aromatic nitrogens is 1. The van der Waals surface area contributed by atoms with E-state index in [0.29, 0.717) is 16.5 Å². The molecule has 0 aliphatic rings. The molecule has 3 rings (SSSR count). The number of furan rings is 1. The number of nitrogens with zero attached hydrogens (tertiary/aromatic N) is 1. The second-order valence-corrected chi connectivity index (χ2v) is 4.00. The van der Waals surface area contributed by atoms with Crippen LogP contribution in [0.4, 0.5) is 0 Å². The maximum absolute atomic E-state index is 5.83. The van der Waals surface area contributed by atoms with Crippen molar-refractivity contribution in [2.45, 2.75) is 0 Å². The molecule has 4 heteroatoms. The Labute approximate surface area is 103 Å². The van der Waals surface area contributed by atoms with E-state index in [9.17, 15) is 0 Å². The van der Waals surface area contributed by atoms with E-state index in [4.69, 9.17) is 20.5 Å². The third-order valence-electron chi connectivity index (χ3n) is 2.41. The monoisotopic (exact) mass is 245 g/mol. The quantitative estimate of drug-likeness (QED) is 0.677. The van der Waals surface area contributed by atoms with Crippen LogP contribution in [-0.4, -0.2) is 5.16 Å². The van der Waals surface area contributed by atoms with Crippen molar-refractivity contribution in [3.63, 3.8) is 0 Å². The third-order valence-corrected chi connectivity index (χ3v) is 2.67. The molecule has 0 amide bonds. The van der Waals surface area contributed by atoms with E-state index in [2.05, 4.69) is 5.16 Å². The van der Waals surface area contributed by atoms with E-state index < -0.39 is 0 Å². The minimum Gasteiger partial charge on any atom is -0.461 e. The first kappa shape index (κ1) is 10.2. The van der Waals surface area contributed by atoms with Crippen molar-refractivity contribution in [2.75, 3.05) is 0 Å². The highest BCUT2D eigenvalue weighted by molar-refractivity contribution is 6.30. The summed E-state index contributed by atoms with van der Waals surface area (Å²) < 4.78 is 10.4. The first-order valence-electron chi connectivity index (χ1n) is 5.09. The van der Waals surface area contributed by atoms with Gasteiger partial charge in [0, 0.05) is 16.7 Å². The molecule has 0 bridgehead atoms. The van der Waals surface area contributed by atoms with Gasteiger partial charge in [0.25, 0.3) is 0 Å². The Balaban J connectivity index is 1.98. The standard InChI is InChI=1S/C13H8ClNO2/c14-10-5-3-9(4-6-10)11-8-13(17-15-11)12-2-1-7-16-12/h1-8H. The number of rotatable bonds is 2. The summed E-state index contributed by atoms with van der Waals surface area (Å²) in [6.45, 7) is 0. The molecule has 2 heterocycles. The number of hydrogen-bond donors (Lipinski definition) is 0. The van der Waals surface area contributed by atoms with Gasteiger partial charge in [0.1, 0.15) is 5.69 Å². The van der Waals surface area contributed by atoms with Crippen LogP contribution < -0.4 is 0 Å². The van der Waals surface area contributed by atoms with E-state index in [0.717, 1.165) is 11.3 Å². The predicted octanol–water partition coefficient (Wildman–Crippen LogP) is 4.26. The van der Waals surface area contributed by atoms with E-state index in [1.807, 2.05) is 36.4 Å². The topological polar surface area (TPSA) is 39.2 Å². The van der Waals surface area contributed by atoms with E-state index in [-0.39, 0.29) is 0 Å². The molecular weight excluding hydrogens is 238 g/mol. The summed E-state index contributed by atoms with van der Waals surface area (Å²) in [6, 6.07) is 12.9. The van der Waals surface area contributed by atoms with Crippen molar-refractivity contribution in [3.05, 3.63) is 53.8 Å². The molecule has 17 heavy (non-hydrogen) atoms. The van der Waals surface area contributed by atoms with Crippen molar-refractivity contribution in [1.82, 2.24) is 5.16 Å².